The van der Waals surface area contributed by atoms with Gasteiger partial charge in [-0.25, -0.2) is 9.97 Å². The third-order valence-corrected chi connectivity index (χ3v) is 16.6. The zero-order valence-electron chi connectivity index (χ0n) is 43.5. The number of rotatable bonds is 8. The smallest absolute Gasteiger partial charge is 0.0801 e. The minimum absolute atomic E-state index is 0.341. The van der Waals surface area contributed by atoms with Crippen LogP contribution in [0.4, 0.5) is 0 Å². The van der Waals surface area contributed by atoms with Crippen LogP contribution >= 0.6 is 0 Å². The van der Waals surface area contributed by atoms with Crippen LogP contribution in [-0.4, -0.2) is 9.97 Å². The molecule has 0 saturated carbocycles. The van der Waals surface area contributed by atoms with E-state index in [1.807, 2.05) is 0 Å². The van der Waals surface area contributed by atoms with E-state index in [0.717, 1.165) is 32.8 Å². The van der Waals surface area contributed by atoms with Crippen molar-refractivity contribution in [2.45, 2.75) is 79.1 Å². The molecule has 74 heavy (non-hydrogen) atoms. The van der Waals surface area contributed by atoms with Crippen molar-refractivity contribution in [1.29, 1.82) is 0 Å². The van der Waals surface area contributed by atoms with Crippen LogP contribution in [0.15, 0.2) is 182 Å². The molecule has 356 valence electrons. The van der Waals surface area contributed by atoms with Gasteiger partial charge < -0.3 is 0 Å². The maximum atomic E-state index is 5.83. The Morgan fingerprint density at radius 3 is 1.04 bits per heavy atom. The molecule has 0 spiro atoms. The van der Waals surface area contributed by atoms with E-state index in [1.54, 1.807) is 0 Å². The van der Waals surface area contributed by atoms with Crippen LogP contribution in [0.5, 0.6) is 0 Å². The van der Waals surface area contributed by atoms with Crippen LogP contribution in [0.2, 0.25) is 0 Å². The highest BCUT2D eigenvalue weighted by atomic mass is 14.7. The van der Waals surface area contributed by atoms with Gasteiger partial charge in [0.15, 0.2) is 0 Å². The fraction of sp³-hybridized carbons (Fsp3) is 0.167. The first kappa shape index (κ1) is 44.5. The van der Waals surface area contributed by atoms with Crippen molar-refractivity contribution in [3.63, 3.8) is 0 Å². The van der Waals surface area contributed by atoms with Crippen LogP contribution in [0, 0.1) is 0 Å². The molecule has 0 aliphatic carbocycles. The summed E-state index contributed by atoms with van der Waals surface area (Å²) in [6.45, 7) is 18.3. The molecule has 14 aromatic rings. The first-order valence-electron chi connectivity index (χ1n) is 26.8. The molecule has 14 rings (SSSR count). The number of benzene rings is 12. The van der Waals surface area contributed by atoms with E-state index in [-0.39, 0.29) is 0 Å². The Labute approximate surface area is 433 Å². The van der Waals surface area contributed by atoms with E-state index in [1.165, 1.54) is 131 Å². The third kappa shape index (κ3) is 6.70. The fourth-order valence-electron chi connectivity index (χ4n) is 12.8. The topological polar surface area (TPSA) is 25.8 Å². The van der Waals surface area contributed by atoms with Crippen molar-refractivity contribution in [1.82, 2.24) is 9.97 Å². The van der Waals surface area contributed by atoms with Gasteiger partial charge in [-0.2, -0.15) is 0 Å². The van der Waals surface area contributed by atoms with Crippen LogP contribution in [0.3, 0.4) is 0 Å². The van der Waals surface area contributed by atoms with E-state index in [9.17, 15) is 0 Å². The van der Waals surface area contributed by atoms with E-state index >= 15 is 0 Å². The van der Waals surface area contributed by atoms with Crippen molar-refractivity contribution in [3.05, 3.63) is 204 Å². The van der Waals surface area contributed by atoms with Crippen molar-refractivity contribution >= 4 is 97.5 Å². The summed E-state index contributed by atoms with van der Waals surface area (Å²) in [5.41, 5.74) is 19.3. The molecule has 12 aromatic carbocycles. The molecule has 0 atom stereocenters. The minimum atomic E-state index is 0.341. The molecule has 2 aromatic heterocycles. The summed E-state index contributed by atoms with van der Waals surface area (Å²) in [6, 6.07) is 69.4. The molecule has 0 saturated heterocycles. The third-order valence-electron chi connectivity index (χ3n) is 16.6. The molecule has 0 N–H and O–H groups in total. The standard InChI is InChI=1S/C72H58N2/c1-39(2)43-17-21-45(22-18-43)47-25-27-55-61(35-47)65(51-33-49-13-9-11-15-53(49)59(37-51)41(5)6)57-29-31-64-69-67(57)71(55)73-63-32-30-58-66(52-34-50-14-10-12-16-54(50)60(38-52)42(7)8)62-36-48(46-23-19-44(20-24-46)40(3)4)26-28-56(62)72(74-64)68(58)70(63)69/h9-42H,1-8H3. The van der Waals surface area contributed by atoms with Gasteiger partial charge in [0.2, 0.25) is 0 Å². The van der Waals surface area contributed by atoms with Crippen LogP contribution in [0.1, 0.15) is 101 Å². The Bertz CT molecular complexity index is 4280. The van der Waals surface area contributed by atoms with E-state index < -0.39 is 0 Å². The molecule has 0 radical (unpaired) electrons. The number of fused-ring (bicyclic) bond motifs is 6. The fourth-order valence-corrected chi connectivity index (χ4v) is 12.8. The Kier molecular flexibility index (Phi) is 10.0. The predicted octanol–water partition coefficient (Wildman–Crippen LogP) is 20.9. The highest BCUT2D eigenvalue weighted by molar-refractivity contribution is 6.41. The highest BCUT2D eigenvalue weighted by Crippen LogP contribution is 2.52. The summed E-state index contributed by atoms with van der Waals surface area (Å²) in [5.74, 6) is 1.62. The summed E-state index contributed by atoms with van der Waals surface area (Å²) in [4.78, 5) is 11.7. The first-order valence-corrected chi connectivity index (χ1v) is 26.8. The van der Waals surface area contributed by atoms with E-state index in [0.29, 0.717) is 23.7 Å². The Morgan fingerprint density at radius 2 is 0.649 bits per heavy atom. The lowest BCUT2D eigenvalue weighted by molar-refractivity contribution is 0.867. The lowest BCUT2D eigenvalue weighted by Crippen LogP contribution is -1.99. The number of pyridine rings is 2. The molecule has 0 unspecified atom stereocenters. The zero-order valence-corrected chi connectivity index (χ0v) is 43.5. The van der Waals surface area contributed by atoms with Crippen LogP contribution < -0.4 is 0 Å². The number of aromatic nitrogens is 2. The summed E-state index contributed by atoms with van der Waals surface area (Å²) in [6.07, 6.45) is 0. The number of hydrogen-bond donors (Lipinski definition) is 0. The molecule has 2 heteroatoms. The van der Waals surface area contributed by atoms with Gasteiger partial charge in [0.25, 0.3) is 0 Å². The molecule has 0 amide bonds. The van der Waals surface area contributed by atoms with Gasteiger partial charge in [-0.05, 0) is 170 Å². The molecular weight excluding hydrogens is 893 g/mol. The van der Waals surface area contributed by atoms with Crippen molar-refractivity contribution in [2.75, 3.05) is 0 Å². The van der Waals surface area contributed by atoms with Gasteiger partial charge in [0.1, 0.15) is 0 Å². The summed E-state index contributed by atoms with van der Waals surface area (Å²) < 4.78 is 0. The van der Waals surface area contributed by atoms with Crippen molar-refractivity contribution < 1.29 is 0 Å². The summed E-state index contributed by atoms with van der Waals surface area (Å²) in [5, 5.41) is 17.0. The van der Waals surface area contributed by atoms with Gasteiger partial charge in [-0.3, -0.25) is 0 Å². The van der Waals surface area contributed by atoms with E-state index in [2.05, 4.69) is 237 Å². The second-order valence-corrected chi connectivity index (χ2v) is 22.4. The average Bonchev–Trinajstić information content (AvgIpc) is 3.49. The van der Waals surface area contributed by atoms with Gasteiger partial charge in [0.05, 0.1) is 22.1 Å². The predicted molar refractivity (Wildman–Crippen MR) is 320 cm³/mol. The van der Waals surface area contributed by atoms with Crippen molar-refractivity contribution in [3.8, 4) is 44.5 Å². The normalized spacial score (nSPS) is 12.5. The second-order valence-electron chi connectivity index (χ2n) is 22.4. The summed E-state index contributed by atoms with van der Waals surface area (Å²) >= 11 is 0. The van der Waals surface area contributed by atoms with Gasteiger partial charge >= 0.3 is 0 Å². The Morgan fingerprint density at radius 1 is 0.270 bits per heavy atom. The average molecular weight is 951 g/mol. The molecular formula is C72H58N2. The van der Waals surface area contributed by atoms with Gasteiger partial charge in [-0.15, -0.1) is 0 Å². The minimum Gasteiger partial charge on any atom is -0.247 e. The Hall–Kier alpha value is -8.20. The monoisotopic (exact) mass is 950 g/mol. The molecule has 2 heterocycles. The molecule has 0 aliphatic rings. The Balaban J connectivity index is 1.12. The molecule has 0 fully saturated rings. The van der Waals surface area contributed by atoms with Crippen LogP contribution in [-0.2, 0) is 0 Å². The highest BCUT2D eigenvalue weighted by Gasteiger charge is 2.27. The number of hydrogen-bond acceptors (Lipinski definition) is 2. The molecule has 2 nitrogen and oxygen atoms in total. The SMILES string of the molecule is CC(C)c1ccc(-c2ccc3c(c2)c(-c2cc(C(C)C)c4ccccc4c2)c2ccc4nc5c6ccc(-c7ccc(C(C)C)cc7)cc6c(-c6cc(C(C)C)c7ccccc7c6)c6ccc7nc3c2c4c7c65)cc1. The molecule has 0 bridgehead atoms. The quantitative estimate of drug-likeness (QED) is 0.112. The van der Waals surface area contributed by atoms with E-state index in [4.69, 9.17) is 9.97 Å². The lowest BCUT2D eigenvalue weighted by Gasteiger charge is -2.23. The first-order chi connectivity index (χ1) is 36.0. The molecule has 0 aliphatic heterocycles. The maximum absolute atomic E-state index is 5.83. The van der Waals surface area contributed by atoms with Crippen molar-refractivity contribution in [2.24, 2.45) is 0 Å². The zero-order chi connectivity index (χ0) is 50.3. The second kappa shape index (κ2) is 16.7. The lowest BCUT2D eigenvalue weighted by atomic mass is 9.82. The number of nitrogens with zero attached hydrogens (tertiary/aromatic N) is 2. The summed E-state index contributed by atoms with van der Waals surface area (Å²) in [7, 11) is 0. The maximum Gasteiger partial charge on any atom is 0.0801 e. The van der Waals surface area contributed by atoms with Gasteiger partial charge in [-0.1, -0.05) is 201 Å². The van der Waals surface area contributed by atoms with Gasteiger partial charge in [0, 0.05) is 32.3 Å². The van der Waals surface area contributed by atoms with Crippen LogP contribution in [0.25, 0.3) is 142 Å². The largest absolute Gasteiger partial charge is 0.247 e.